The van der Waals surface area contributed by atoms with Gasteiger partial charge in [0.1, 0.15) is 11.5 Å². The minimum absolute atomic E-state index is 0.118. The minimum atomic E-state index is -0.118. The van der Waals surface area contributed by atoms with E-state index in [9.17, 15) is 0 Å². The van der Waals surface area contributed by atoms with E-state index in [4.69, 9.17) is 23.2 Å². The van der Waals surface area contributed by atoms with Crippen molar-refractivity contribution in [3.63, 3.8) is 0 Å². The molecule has 0 atom stereocenters. The first-order chi connectivity index (χ1) is 10.3. The maximum Gasteiger partial charge on any atom is 0.177 e. The maximum absolute atomic E-state index is 6.18. The summed E-state index contributed by atoms with van der Waals surface area (Å²) in [5, 5.41) is 4.56. The molecule has 0 unspecified atom stereocenters. The van der Waals surface area contributed by atoms with E-state index in [1.165, 1.54) is 0 Å². The van der Waals surface area contributed by atoms with Crippen LogP contribution in [0.5, 0.6) is 0 Å². The molecule has 3 rings (SSSR count). The van der Waals surface area contributed by atoms with Gasteiger partial charge in [-0.2, -0.15) is 0 Å². The molecule has 0 amide bonds. The summed E-state index contributed by atoms with van der Waals surface area (Å²) in [6, 6.07) is 7.59. The minimum Gasteiger partial charge on any atom is -0.365 e. The van der Waals surface area contributed by atoms with Crippen LogP contribution in [-0.4, -0.2) is 19.9 Å². The highest BCUT2D eigenvalue weighted by molar-refractivity contribution is 6.32. The molecular formula is C16H16Cl2N4. The van der Waals surface area contributed by atoms with Crippen molar-refractivity contribution in [2.75, 3.05) is 5.32 Å². The van der Waals surface area contributed by atoms with Crippen LogP contribution < -0.4 is 5.32 Å². The molecule has 3 aromatic rings. The number of imidazole rings is 1. The number of aromatic nitrogens is 3. The van der Waals surface area contributed by atoms with Crippen molar-refractivity contribution in [1.29, 1.82) is 0 Å². The third-order valence-corrected chi connectivity index (χ3v) is 3.63. The summed E-state index contributed by atoms with van der Waals surface area (Å²) in [5.74, 6) is 0.883. The van der Waals surface area contributed by atoms with Gasteiger partial charge in [0.2, 0.25) is 0 Å². The molecule has 0 aliphatic heterocycles. The van der Waals surface area contributed by atoms with Crippen molar-refractivity contribution in [1.82, 2.24) is 14.4 Å². The van der Waals surface area contributed by atoms with Gasteiger partial charge in [-0.1, -0.05) is 35.3 Å². The molecule has 0 spiro atoms. The third-order valence-electron chi connectivity index (χ3n) is 3.11. The van der Waals surface area contributed by atoms with Crippen LogP contribution in [0.2, 0.25) is 10.2 Å². The van der Waals surface area contributed by atoms with E-state index in [-0.39, 0.29) is 5.54 Å². The summed E-state index contributed by atoms with van der Waals surface area (Å²) in [6.07, 6.45) is 3.51. The van der Waals surface area contributed by atoms with Gasteiger partial charge in [0.25, 0.3) is 0 Å². The van der Waals surface area contributed by atoms with Crippen LogP contribution in [0.3, 0.4) is 0 Å². The zero-order chi connectivity index (χ0) is 15.9. The van der Waals surface area contributed by atoms with Crippen molar-refractivity contribution >= 4 is 34.7 Å². The second-order valence-corrected chi connectivity index (χ2v) is 6.90. The molecule has 4 nitrogen and oxygen atoms in total. The summed E-state index contributed by atoms with van der Waals surface area (Å²) >= 11 is 12.2. The zero-order valence-electron chi connectivity index (χ0n) is 12.6. The number of benzene rings is 1. The Labute approximate surface area is 139 Å². The quantitative estimate of drug-likeness (QED) is 0.723. The summed E-state index contributed by atoms with van der Waals surface area (Å²) in [7, 11) is 0. The average Bonchev–Trinajstić information content (AvgIpc) is 2.78. The highest BCUT2D eigenvalue weighted by Gasteiger charge is 2.20. The first kappa shape index (κ1) is 15.1. The van der Waals surface area contributed by atoms with Gasteiger partial charge in [-0.05, 0) is 32.9 Å². The van der Waals surface area contributed by atoms with Crippen LogP contribution in [-0.2, 0) is 0 Å². The van der Waals surface area contributed by atoms with Crippen LogP contribution in [0.1, 0.15) is 20.8 Å². The standard InChI is InChI=1S/C16H16Cl2N4/c1-16(2,3)21-14-12(10-4-6-11(17)7-5-10)20-15-13(18)19-8-9-22(14)15/h4-9,21H,1-3H3. The van der Waals surface area contributed by atoms with Gasteiger partial charge >= 0.3 is 0 Å². The molecule has 2 heterocycles. The van der Waals surface area contributed by atoms with Crippen LogP contribution in [0.4, 0.5) is 5.82 Å². The molecule has 6 heteroatoms. The van der Waals surface area contributed by atoms with Crippen molar-refractivity contribution in [3.8, 4) is 11.3 Å². The van der Waals surface area contributed by atoms with Crippen LogP contribution in [0, 0.1) is 0 Å². The Morgan fingerprint density at radius 1 is 1.09 bits per heavy atom. The highest BCUT2D eigenvalue weighted by Crippen LogP contribution is 2.32. The van der Waals surface area contributed by atoms with E-state index in [1.807, 2.05) is 34.9 Å². The number of halogens is 2. The predicted molar refractivity (Wildman–Crippen MR) is 91.8 cm³/mol. The lowest BCUT2D eigenvalue weighted by Gasteiger charge is -2.22. The molecule has 1 aromatic carbocycles. The van der Waals surface area contributed by atoms with Gasteiger partial charge < -0.3 is 5.32 Å². The second-order valence-electron chi connectivity index (χ2n) is 6.10. The topological polar surface area (TPSA) is 42.2 Å². The van der Waals surface area contributed by atoms with Gasteiger partial charge in [-0.3, -0.25) is 4.40 Å². The summed E-state index contributed by atoms with van der Waals surface area (Å²) in [5.41, 5.74) is 2.30. The number of fused-ring (bicyclic) bond motifs is 1. The molecule has 0 aliphatic carbocycles. The molecule has 0 saturated heterocycles. The first-order valence-electron chi connectivity index (χ1n) is 6.92. The van der Waals surface area contributed by atoms with Crippen LogP contribution in [0.25, 0.3) is 16.9 Å². The van der Waals surface area contributed by atoms with E-state index in [0.29, 0.717) is 15.8 Å². The Hall–Kier alpha value is -1.78. The zero-order valence-corrected chi connectivity index (χ0v) is 14.1. The van der Waals surface area contributed by atoms with E-state index in [0.717, 1.165) is 17.1 Å². The molecular weight excluding hydrogens is 319 g/mol. The fraction of sp³-hybridized carbons (Fsp3) is 0.250. The Bertz CT molecular complexity index is 817. The van der Waals surface area contributed by atoms with E-state index < -0.39 is 0 Å². The number of hydrogen-bond donors (Lipinski definition) is 1. The van der Waals surface area contributed by atoms with Crippen molar-refractivity contribution in [2.24, 2.45) is 0 Å². The first-order valence-corrected chi connectivity index (χ1v) is 7.67. The molecule has 0 saturated carbocycles. The lowest BCUT2D eigenvalue weighted by atomic mass is 10.1. The molecule has 0 fully saturated rings. The normalized spacial score (nSPS) is 11.9. The highest BCUT2D eigenvalue weighted by atomic mass is 35.5. The van der Waals surface area contributed by atoms with Gasteiger partial charge in [-0.15, -0.1) is 0 Å². The van der Waals surface area contributed by atoms with Gasteiger partial charge in [0.05, 0.1) is 0 Å². The number of nitrogens with one attached hydrogen (secondary N) is 1. The predicted octanol–water partition coefficient (Wildman–Crippen LogP) is 4.91. The van der Waals surface area contributed by atoms with Gasteiger partial charge in [0.15, 0.2) is 10.8 Å². The summed E-state index contributed by atoms with van der Waals surface area (Å²) in [6.45, 7) is 6.29. The van der Waals surface area contributed by atoms with Crippen LogP contribution >= 0.6 is 23.2 Å². The molecule has 1 N–H and O–H groups in total. The number of rotatable bonds is 2. The smallest absolute Gasteiger partial charge is 0.177 e. The molecule has 0 radical (unpaired) electrons. The van der Waals surface area contributed by atoms with Crippen LogP contribution in [0.15, 0.2) is 36.7 Å². The number of nitrogens with zero attached hydrogens (tertiary/aromatic N) is 3. The van der Waals surface area contributed by atoms with Crippen molar-refractivity contribution < 1.29 is 0 Å². The van der Waals surface area contributed by atoms with Gasteiger partial charge in [0, 0.05) is 28.5 Å². The monoisotopic (exact) mass is 334 g/mol. The SMILES string of the molecule is CC(C)(C)Nc1c(-c2ccc(Cl)cc2)nc2c(Cl)nccn12. The molecule has 0 bridgehead atoms. The van der Waals surface area contributed by atoms with Gasteiger partial charge in [-0.25, -0.2) is 9.97 Å². The Morgan fingerprint density at radius 2 is 1.77 bits per heavy atom. The molecule has 114 valence electrons. The van der Waals surface area contributed by atoms with Crippen molar-refractivity contribution in [3.05, 3.63) is 46.8 Å². The van der Waals surface area contributed by atoms with E-state index in [2.05, 4.69) is 36.1 Å². The largest absolute Gasteiger partial charge is 0.365 e. The fourth-order valence-electron chi connectivity index (χ4n) is 2.23. The Morgan fingerprint density at radius 3 is 2.41 bits per heavy atom. The third kappa shape index (κ3) is 2.89. The maximum atomic E-state index is 6.18. The lowest BCUT2D eigenvalue weighted by molar-refractivity contribution is 0.629. The molecule has 22 heavy (non-hydrogen) atoms. The number of hydrogen-bond acceptors (Lipinski definition) is 3. The van der Waals surface area contributed by atoms with E-state index in [1.54, 1.807) is 6.20 Å². The fourth-order valence-corrected chi connectivity index (χ4v) is 2.55. The lowest BCUT2D eigenvalue weighted by Crippen LogP contribution is -2.27. The second kappa shape index (κ2) is 5.45. The van der Waals surface area contributed by atoms with E-state index >= 15 is 0 Å². The Balaban J connectivity index is 2.26. The summed E-state index contributed by atoms with van der Waals surface area (Å²) < 4.78 is 1.92. The summed E-state index contributed by atoms with van der Waals surface area (Å²) in [4.78, 5) is 8.76. The average molecular weight is 335 g/mol. The van der Waals surface area contributed by atoms with Crippen molar-refractivity contribution in [2.45, 2.75) is 26.3 Å². The Kier molecular flexibility index (Phi) is 3.75. The molecule has 0 aliphatic rings. The molecule has 2 aromatic heterocycles. The number of anilines is 1.